The van der Waals surface area contributed by atoms with Crippen molar-refractivity contribution in [3.8, 4) is 5.75 Å². The number of Topliss-reactive ketones (excluding diaryl/α,β-unsaturated/α-hetero) is 1. The fourth-order valence-corrected chi connectivity index (χ4v) is 1.42. The second kappa shape index (κ2) is 3.62. The number of hydrogen-bond donors (Lipinski definition) is 1. The summed E-state index contributed by atoms with van der Waals surface area (Å²) < 4.78 is 0.733. The highest BCUT2D eigenvalue weighted by Crippen LogP contribution is 2.31. The molecule has 0 aromatic heterocycles. The van der Waals surface area contributed by atoms with Crippen LogP contribution < -0.4 is 0 Å². The summed E-state index contributed by atoms with van der Waals surface area (Å²) in [6, 6.07) is 3.25. The average molecular weight is 296 g/mol. The van der Waals surface area contributed by atoms with Crippen molar-refractivity contribution >= 4 is 40.0 Å². The number of carbonyl (C=O) groups excluding carboxylic acids is 1. The van der Waals surface area contributed by atoms with E-state index in [4.69, 9.17) is 11.6 Å². The molecule has 0 atom stereocenters. The maximum absolute atomic E-state index is 10.9. The molecule has 0 fully saturated rings. The van der Waals surface area contributed by atoms with Gasteiger partial charge in [0, 0.05) is 3.57 Å². The highest BCUT2D eigenvalue weighted by molar-refractivity contribution is 14.1. The van der Waals surface area contributed by atoms with Gasteiger partial charge >= 0.3 is 0 Å². The largest absolute Gasteiger partial charge is 0.506 e. The van der Waals surface area contributed by atoms with Gasteiger partial charge in [-0.1, -0.05) is 11.6 Å². The van der Waals surface area contributed by atoms with Crippen molar-refractivity contribution in [2.24, 2.45) is 0 Å². The van der Waals surface area contributed by atoms with Crippen molar-refractivity contribution < 1.29 is 9.90 Å². The van der Waals surface area contributed by atoms with Crippen LogP contribution in [0.1, 0.15) is 17.3 Å². The Labute approximate surface area is 88.7 Å². The van der Waals surface area contributed by atoms with Gasteiger partial charge in [-0.15, -0.1) is 0 Å². The maximum atomic E-state index is 10.9. The van der Waals surface area contributed by atoms with E-state index in [1.165, 1.54) is 6.92 Å². The van der Waals surface area contributed by atoms with E-state index < -0.39 is 0 Å². The number of benzene rings is 1. The molecule has 0 aliphatic carbocycles. The molecule has 1 rings (SSSR count). The minimum absolute atomic E-state index is 0.129. The summed E-state index contributed by atoms with van der Waals surface area (Å²) in [5.74, 6) is -0.318. The molecule has 0 saturated carbocycles. The molecule has 4 heteroatoms. The second-order valence-electron chi connectivity index (χ2n) is 2.31. The van der Waals surface area contributed by atoms with E-state index in [-0.39, 0.29) is 22.1 Å². The summed E-state index contributed by atoms with van der Waals surface area (Å²) in [5.41, 5.74) is 0.264. The number of carbonyl (C=O) groups is 1. The van der Waals surface area contributed by atoms with E-state index in [1.807, 2.05) is 22.6 Å². The molecular formula is C8H6ClIO2. The molecule has 12 heavy (non-hydrogen) atoms. The van der Waals surface area contributed by atoms with E-state index in [9.17, 15) is 9.90 Å². The van der Waals surface area contributed by atoms with Crippen LogP contribution in [0.4, 0.5) is 0 Å². The number of aromatic hydroxyl groups is 1. The smallest absolute Gasteiger partial charge is 0.163 e. The van der Waals surface area contributed by atoms with Crippen molar-refractivity contribution in [2.45, 2.75) is 6.92 Å². The standard InChI is InChI=1S/C8H6ClIO2/c1-4(11)5-2-3-6(10)7(9)8(5)12/h2-3,12H,1H3. The number of ketones is 1. The predicted octanol–water partition coefficient (Wildman–Crippen LogP) is 2.85. The summed E-state index contributed by atoms with van der Waals surface area (Å²) in [6.07, 6.45) is 0. The SMILES string of the molecule is CC(=O)c1ccc(I)c(Cl)c1O. The molecule has 0 saturated heterocycles. The summed E-state index contributed by atoms with van der Waals surface area (Å²) >= 11 is 7.70. The van der Waals surface area contributed by atoms with Crippen LogP contribution in [0, 0.1) is 3.57 Å². The molecule has 1 aromatic carbocycles. The lowest BCUT2D eigenvalue weighted by Gasteiger charge is -2.03. The Morgan fingerprint density at radius 2 is 2.17 bits per heavy atom. The molecule has 0 spiro atoms. The lowest BCUT2D eigenvalue weighted by Crippen LogP contribution is -1.93. The van der Waals surface area contributed by atoms with E-state index in [2.05, 4.69) is 0 Å². The molecule has 1 N–H and O–H groups in total. The number of phenols is 1. The molecule has 64 valence electrons. The summed E-state index contributed by atoms with van der Waals surface area (Å²) in [6.45, 7) is 1.39. The average Bonchev–Trinajstić information content (AvgIpc) is 2.00. The first-order valence-electron chi connectivity index (χ1n) is 3.22. The molecule has 0 bridgehead atoms. The van der Waals surface area contributed by atoms with Gasteiger partial charge < -0.3 is 5.11 Å². The Kier molecular flexibility index (Phi) is 2.95. The molecular weight excluding hydrogens is 290 g/mol. The third-order valence-electron chi connectivity index (χ3n) is 1.45. The highest BCUT2D eigenvalue weighted by Gasteiger charge is 2.11. The molecule has 0 heterocycles. The predicted molar refractivity (Wildman–Crippen MR) is 55.8 cm³/mol. The first kappa shape index (κ1) is 9.80. The first-order valence-corrected chi connectivity index (χ1v) is 4.67. The summed E-state index contributed by atoms with van der Waals surface area (Å²) in [4.78, 5) is 10.9. The number of hydrogen-bond acceptors (Lipinski definition) is 2. The van der Waals surface area contributed by atoms with Crippen molar-refractivity contribution in [3.05, 3.63) is 26.3 Å². The lowest BCUT2D eigenvalue weighted by molar-refractivity contribution is 0.101. The fourth-order valence-electron chi connectivity index (χ4n) is 0.824. The monoisotopic (exact) mass is 296 g/mol. The van der Waals surface area contributed by atoms with Crippen LogP contribution in [0.25, 0.3) is 0 Å². The van der Waals surface area contributed by atoms with Gasteiger partial charge in [0.05, 0.1) is 10.6 Å². The Bertz CT molecular complexity index is 336. The quantitative estimate of drug-likeness (QED) is 0.639. The third kappa shape index (κ3) is 1.72. The van der Waals surface area contributed by atoms with Gasteiger partial charge in [-0.05, 0) is 41.6 Å². The van der Waals surface area contributed by atoms with Gasteiger partial charge in [-0.25, -0.2) is 0 Å². The highest BCUT2D eigenvalue weighted by atomic mass is 127. The Balaban J connectivity index is 3.36. The minimum atomic E-state index is -0.189. The number of rotatable bonds is 1. The van der Waals surface area contributed by atoms with Crippen LogP contribution in [0.15, 0.2) is 12.1 Å². The Morgan fingerprint density at radius 3 is 2.67 bits per heavy atom. The Hall–Kier alpha value is -0.290. The zero-order valence-electron chi connectivity index (χ0n) is 6.27. The maximum Gasteiger partial charge on any atom is 0.163 e. The van der Waals surface area contributed by atoms with Crippen molar-refractivity contribution in [1.82, 2.24) is 0 Å². The van der Waals surface area contributed by atoms with Crippen LogP contribution in [0.2, 0.25) is 5.02 Å². The van der Waals surface area contributed by atoms with Gasteiger partial charge in [-0.2, -0.15) is 0 Å². The number of halogens is 2. The van der Waals surface area contributed by atoms with Gasteiger partial charge in [0.1, 0.15) is 5.75 Å². The third-order valence-corrected chi connectivity index (χ3v) is 3.05. The molecule has 0 aliphatic heterocycles. The van der Waals surface area contributed by atoms with Crippen LogP contribution in [0.3, 0.4) is 0 Å². The van der Waals surface area contributed by atoms with Crippen LogP contribution in [0.5, 0.6) is 5.75 Å². The van der Waals surface area contributed by atoms with Crippen molar-refractivity contribution in [2.75, 3.05) is 0 Å². The van der Waals surface area contributed by atoms with Crippen LogP contribution in [-0.4, -0.2) is 10.9 Å². The van der Waals surface area contributed by atoms with E-state index >= 15 is 0 Å². The van der Waals surface area contributed by atoms with Gasteiger partial charge in [0.2, 0.25) is 0 Å². The molecule has 0 unspecified atom stereocenters. The van der Waals surface area contributed by atoms with E-state index in [0.717, 1.165) is 3.57 Å². The summed E-state index contributed by atoms with van der Waals surface area (Å²) in [5, 5.41) is 9.63. The minimum Gasteiger partial charge on any atom is -0.506 e. The van der Waals surface area contributed by atoms with Crippen molar-refractivity contribution in [1.29, 1.82) is 0 Å². The summed E-state index contributed by atoms with van der Waals surface area (Å²) in [7, 11) is 0. The molecule has 0 amide bonds. The fraction of sp³-hybridized carbons (Fsp3) is 0.125. The first-order chi connectivity index (χ1) is 5.54. The number of phenolic OH excluding ortho intramolecular Hbond substituents is 1. The lowest BCUT2D eigenvalue weighted by atomic mass is 10.1. The molecule has 0 radical (unpaired) electrons. The van der Waals surface area contributed by atoms with Crippen molar-refractivity contribution in [3.63, 3.8) is 0 Å². The molecule has 0 aliphatic rings. The van der Waals surface area contributed by atoms with Gasteiger partial charge in [0.15, 0.2) is 5.78 Å². The van der Waals surface area contributed by atoms with Crippen LogP contribution >= 0.6 is 34.2 Å². The zero-order valence-corrected chi connectivity index (χ0v) is 9.18. The second-order valence-corrected chi connectivity index (χ2v) is 3.85. The van der Waals surface area contributed by atoms with Gasteiger partial charge in [-0.3, -0.25) is 4.79 Å². The molecule has 1 aromatic rings. The topological polar surface area (TPSA) is 37.3 Å². The van der Waals surface area contributed by atoms with E-state index in [1.54, 1.807) is 12.1 Å². The Morgan fingerprint density at radius 1 is 1.58 bits per heavy atom. The zero-order chi connectivity index (χ0) is 9.30. The normalized spacial score (nSPS) is 9.92. The van der Waals surface area contributed by atoms with E-state index in [0.29, 0.717) is 0 Å². The van der Waals surface area contributed by atoms with Crippen LogP contribution in [-0.2, 0) is 0 Å². The van der Waals surface area contributed by atoms with Gasteiger partial charge in [0.25, 0.3) is 0 Å². The molecule has 2 nitrogen and oxygen atoms in total.